The molecule has 2 aliphatic carbocycles. The van der Waals surface area contributed by atoms with Gasteiger partial charge in [-0.15, -0.1) is 0 Å². The molecule has 0 radical (unpaired) electrons. The monoisotopic (exact) mass is 301 g/mol. The number of benzene rings is 1. The Bertz CT molecular complexity index is 878. The first-order valence-electron chi connectivity index (χ1n) is 8.43. The second-order valence-corrected chi connectivity index (χ2v) is 6.79. The van der Waals surface area contributed by atoms with Gasteiger partial charge in [-0.2, -0.15) is 0 Å². The zero-order valence-corrected chi connectivity index (χ0v) is 13.0. The number of imidazole rings is 1. The Morgan fingerprint density at radius 2 is 1.91 bits per heavy atom. The van der Waals surface area contributed by atoms with Gasteiger partial charge in [-0.05, 0) is 54.9 Å². The number of pyridine rings is 1. The van der Waals surface area contributed by atoms with E-state index in [1.54, 1.807) is 0 Å². The van der Waals surface area contributed by atoms with Crippen LogP contribution >= 0.6 is 0 Å². The summed E-state index contributed by atoms with van der Waals surface area (Å²) in [6.07, 6.45) is 9.34. The normalized spacial score (nSPS) is 25.5. The first kappa shape index (κ1) is 13.1. The van der Waals surface area contributed by atoms with Gasteiger partial charge >= 0.3 is 0 Å². The molecule has 3 atom stereocenters. The van der Waals surface area contributed by atoms with Gasteiger partial charge in [0, 0.05) is 12.7 Å². The third-order valence-electron chi connectivity index (χ3n) is 5.38. The minimum absolute atomic E-state index is 0.727. The predicted octanol–water partition coefficient (Wildman–Crippen LogP) is 4.31. The molecule has 2 aromatic heterocycles. The lowest BCUT2D eigenvalue weighted by molar-refractivity contribution is 0.390. The Morgan fingerprint density at radius 1 is 1.00 bits per heavy atom. The molecule has 5 rings (SSSR count). The van der Waals surface area contributed by atoms with Crippen molar-refractivity contribution in [3.63, 3.8) is 0 Å². The number of rotatable bonds is 3. The van der Waals surface area contributed by atoms with Crippen molar-refractivity contribution >= 4 is 11.0 Å². The van der Waals surface area contributed by atoms with E-state index in [0.29, 0.717) is 0 Å². The highest BCUT2D eigenvalue weighted by Crippen LogP contribution is 2.44. The third-order valence-corrected chi connectivity index (χ3v) is 5.38. The van der Waals surface area contributed by atoms with Gasteiger partial charge in [0.2, 0.25) is 0 Å². The summed E-state index contributed by atoms with van der Waals surface area (Å²) in [6.45, 7) is 1.04. The highest BCUT2D eigenvalue weighted by molar-refractivity contribution is 5.79. The van der Waals surface area contributed by atoms with Gasteiger partial charge in [-0.3, -0.25) is 4.98 Å². The van der Waals surface area contributed by atoms with Crippen LogP contribution in [-0.2, 0) is 6.54 Å². The molecule has 0 spiro atoms. The van der Waals surface area contributed by atoms with Crippen LogP contribution < -0.4 is 0 Å². The summed E-state index contributed by atoms with van der Waals surface area (Å²) in [5.41, 5.74) is 3.24. The Kier molecular flexibility index (Phi) is 2.87. The van der Waals surface area contributed by atoms with E-state index >= 15 is 0 Å². The SMILES string of the molecule is C1=CC2CC1CC2Cn1c(-c2ccccn2)nc2ccccc21. The third kappa shape index (κ3) is 2.11. The molecule has 1 aromatic carbocycles. The van der Waals surface area contributed by atoms with Crippen molar-refractivity contribution in [1.82, 2.24) is 14.5 Å². The fourth-order valence-corrected chi connectivity index (χ4v) is 4.29. The molecule has 0 aliphatic heterocycles. The number of fused-ring (bicyclic) bond motifs is 3. The lowest BCUT2D eigenvalue weighted by Crippen LogP contribution is -2.16. The summed E-state index contributed by atoms with van der Waals surface area (Å²) >= 11 is 0. The van der Waals surface area contributed by atoms with Gasteiger partial charge in [0.25, 0.3) is 0 Å². The second kappa shape index (κ2) is 5.05. The number of nitrogens with zero attached hydrogens (tertiary/aromatic N) is 3. The molecular weight excluding hydrogens is 282 g/mol. The molecule has 2 heterocycles. The number of aromatic nitrogens is 3. The quantitative estimate of drug-likeness (QED) is 0.675. The van der Waals surface area contributed by atoms with E-state index in [0.717, 1.165) is 41.3 Å². The van der Waals surface area contributed by atoms with E-state index in [-0.39, 0.29) is 0 Å². The van der Waals surface area contributed by atoms with Crippen LogP contribution in [0.5, 0.6) is 0 Å². The average molecular weight is 301 g/mol. The van der Waals surface area contributed by atoms with Crippen molar-refractivity contribution in [3.8, 4) is 11.5 Å². The Balaban J connectivity index is 1.62. The fraction of sp³-hybridized carbons (Fsp3) is 0.300. The molecule has 0 amide bonds. The zero-order chi connectivity index (χ0) is 15.2. The molecule has 3 aromatic rings. The van der Waals surface area contributed by atoms with Crippen LogP contribution in [0.15, 0.2) is 60.8 Å². The Hall–Kier alpha value is -2.42. The van der Waals surface area contributed by atoms with E-state index in [1.165, 1.54) is 18.4 Å². The van der Waals surface area contributed by atoms with Gasteiger partial charge in [-0.1, -0.05) is 30.4 Å². The minimum atomic E-state index is 0.727. The van der Waals surface area contributed by atoms with E-state index in [9.17, 15) is 0 Å². The molecule has 2 bridgehead atoms. The van der Waals surface area contributed by atoms with E-state index < -0.39 is 0 Å². The molecule has 3 heteroatoms. The van der Waals surface area contributed by atoms with Crippen molar-refractivity contribution < 1.29 is 0 Å². The average Bonchev–Trinajstić information content (AvgIpc) is 3.30. The summed E-state index contributed by atoms with van der Waals surface area (Å²) in [6, 6.07) is 14.5. The zero-order valence-electron chi connectivity index (χ0n) is 13.0. The van der Waals surface area contributed by atoms with Crippen LogP contribution in [0, 0.1) is 17.8 Å². The highest BCUT2D eigenvalue weighted by Gasteiger charge is 2.36. The van der Waals surface area contributed by atoms with Crippen molar-refractivity contribution in [2.75, 3.05) is 0 Å². The molecule has 3 nitrogen and oxygen atoms in total. The minimum Gasteiger partial charge on any atom is -0.322 e. The maximum Gasteiger partial charge on any atom is 0.159 e. The second-order valence-electron chi connectivity index (χ2n) is 6.79. The van der Waals surface area contributed by atoms with Gasteiger partial charge in [0.15, 0.2) is 5.82 Å². The van der Waals surface area contributed by atoms with E-state index in [1.807, 2.05) is 18.3 Å². The van der Waals surface area contributed by atoms with Crippen molar-refractivity contribution in [1.29, 1.82) is 0 Å². The summed E-state index contributed by atoms with van der Waals surface area (Å²) in [4.78, 5) is 9.40. The van der Waals surface area contributed by atoms with Gasteiger partial charge in [0.1, 0.15) is 5.69 Å². The number of para-hydroxylation sites is 2. The Morgan fingerprint density at radius 3 is 2.70 bits per heavy atom. The maximum absolute atomic E-state index is 4.87. The molecule has 1 fully saturated rings. The maximum atomic E-state index is 4.87. The van der Waals surface area contributed by atoms with Crippen LogP contribution in [-0.4, -0.2) is 14.5 Å². The van der Waals surface area contributed by atoms with Gasteiger partial charge in [-0.25, -0.2) is 4.98 Å². The standard InChI is InChI=1S/C20H19N3/c1-2-7-19-17(5-1)22-20(18-6-3-4-10-21-18)23(19)13-16-12-14-8-9-15(16)11-14/h1-10,14-16H,11-13H2. The van der Waals surface area contributed by atoms with Crippen LogP contribution in [0.2, 0.25) is 0 Å². The first-order chi connectivity index (χ1) is 11.4. The molecule has 0 saturated heterocycles. The highest BCUT2D eigenvalue weighted by atomic mass is 15.1. The largest absolute Gasteiger partial charge is 0.322 e. The van der Waals surface area contributed by atoms with Crippen LogP contribution in [0.25, 0.3) is 22.6 Å². The van der Waals surface area contributed by atoms with E-state index in [4.69, 9.17) is 4.98 Å². The molecule has 23 heavy (non-hydrogen) atoms. The lowest BCUT2D eigenvalue weighted by Gasteiger charge is -2.20. The predicted molar refractivity (Wildman–Crippen MR) is 91.8 cm³/mol. The van der Waals surface area contributed by atoms with Crippen LogP contribution in [0.4, 0.5) is 0 Å². The summed E-state index contributed by atoms with van der Waals surface area (Å²) in [7, 11) is 0. The molecule has 2 aliphatic rings. The molecule has 0 N–H and O–H groups in total. The number of allylic oxidation sites excluding steroid dienone is 2. The lowest BCUT2D eigenvalue weighted by atomic mass is 9.93. The number of hydrogen-bond donors (Lipinski definition) is 0. The van der Waals surface area contributed by atoms with Crippen molar-refractivity contribution in [3.05, 3.63) is 60.8 Å². The van der Waals surface area contributed by atoms with E-state index in [2.05, 4.69) is 52.0 Å². The number of hydrogen-bond acceptors (Lipinski definition) is 2. The van der Waals surface area contributed by atoms with Crippen LogP contribution in [0.1, 0.15) is 12.8 Å². The molecule has 3 unspecified atom stereocenters. The van der Waals surface area contributed by atoms with Gasteiger partial charge in [0.05, 0.1) is 11.0 Å². The van der Waals surface area contributed by atoms with Gasteiger partial charge < -0.3 is 4.57 Å². The molecule has 114 valence electrons. The smallest absolute Gasteiger partial charge is 0.159 e. The summed E-state index contributed by atoms with van der Waals surface area (Å²) in [5, 5.41) is 0. The summed E-state index contributed by atoms with van der Waals surface area (Å²) < 4.78 is 2.39. The topological polar surface area (TPSA) is 30.7 Å². The first-order valence-corrected chi connectivity index (χ1v) is 8.43. The molecular formula is C20H19N3. The van der Waals surface area contributed by atoms with Crippen molar-refractivity contribution in [2.24, 2.45) is 17.8 Å². The Labute approximate surface area is 135 Å². The molecule has 1 saturated carbocycles. The summed E-state index contributed by atoms with van der Waals surface area (Å²) in [5.74, 6) is 3.28. The fourth-order valence-electron chi connectivity index (χ4n) is 4.29. The van der Waals surface area contributed by atoms with Crippen LogP contribution in [0.3, 0.4) is 0 Å². The van der Waals surface area contributed by atoms with Crippen molar-refractivity contribution in [2.45, 2.75) is 19.4 Å².